The van der Waals surface area contributed by atoms with Gasteiger partial charge in [-0.05, 0) is 6.42 Å². The summed E-state index contributed by atoms with van der Waals surface area (Å²) in [6, 6.07) is 1.87. The lowest BCUT2D eigenvalue weighted by molar-refractivity contribution is -0.119. The molecule has 2 N–H and O–H groups in total. The van der Waals surface area contributed by atoms with Gasteiger partial charge in [0.1, 0.15) is 12.1 Å². The highest BCUT2D eigenvalue weighted by Crippen LogP contribution is 2.05. The van der Waals surface area contributed by atoms with Gasteiger partial charge in [0.05, 0.1) is 13.2 Å². The third kappa shape index (κ3) is 5.58. The van der Waals surface area contributed by atoms with Crippen LogP contribution in [0.2, 0.25) is 0 Å². The Morgan fingerprint density at radius 1 is 1.44 bits per heavy atom. The number of hydrogen-bond donors (Lipinski definition) is 2. The van der Waals surface area contributed by atoms with Crippen LogP contribution in [-0.4, -0.2) is 42.7 Å². The third-order valence-electron chi connectivity index (χ3n) is 2.29. The Kier molecular flexibility index (Phi) is 6.71. The molecule has 1 rings (SSSR count). The Bertz CT molecular complexity index is 371. The highest BCUT2D eigenvalue weighted by molar-refractivity contribution is 5.80. The molecule has 1 amide bonds. The minimum absolute atomic E-state index is 0.0808. The topological polar surface area (TPSA) is 76.1 Å². The van der Waals surface area contributed by atoms with E-state index in [0.29, 0.717) is 19.0 Å². The number of anilines is 1. The van der Waals surface area contributed by atoms with Crippen LogP contribution in [0.25, 0.3) is 0 Å². The second-order valence-corrected chi connectivity index (χ2v) is 3.84. The van der Waals surface area contributed by atoms with Gasteiger partial charge in [-0.2, -0.15) is 0 Å². The summed E-state index contributed by atoms with van der Waals surface area (Å²) in [6.45, 7) is 3.33. The van der Waals surface area contributed by atoms with Crippen molar-refractivity contribution in [3.8, 4) is 0 Å². The molecule has 100 valence electrons. The fraction of sp³-hybridized carbons (Fsp3) is 0.583. The average molecular weight is 252 g/mol. The van der Waals surface area contributed by atoms with Crippen molar-refractivity contribution in [1.82, 2.24) is 15.3 Å². The van der Waals surface area contributed by atoms with E-state index in [9.17, 15) is 4.79 Å². The van der Waals surface area contributed by atoms with Crippen molar-refractivity contribution in [2.75, 3.05) is 32.1 Å². The number of amides is 1. The first-order valence-electron chi connectivity index (χ1n) is 6.06. The number of ether oxygens (including phenoxy) is 1. The smallest absolute Gasteiger partial charge is 0.239 e. The number of carbonyl (C=O) groups is 1. The van der Waals surface area contributed by atoms with Crippen molar-refractivity contribution in [3.63, 3.8) is 0 Å². The van der Waals surface area contributed by atoms with Crippen molar-refractivity contribution in [2.45, 2.75) is 19.8 Å². The minimum atomic E-state index is -0.0808. The molecule has 6 heteroatoms. The highest BCUT2D eigenvalue weighted by Gasteiger charge is 2.02. The zero-order valence-corrected chi connectivity index (χ0v) is 10.9. The second-order valence-electron chi connectivity index (χ2n) is 3.84. The fourth-order valence-electron chi connectivity index (χ4n) is 1.41. The van der Waals surface area contributed by atoms with Crippen molar-refractivity contribution in [2.24, 2.45) is 0 Å². The maximum Gasteiger partial charge on any atom is 0.239 e. The predicted molar refractivity (Wildman–Crippen MR) is 69.4 cm³/mol. The molecule has 1 aromatic heterocycles. The van der Waals surface area contributed by atoms with E-state index < -0.39 is 0 Å². The Balaban J connectivity index is 2.33. The minimum Gasteiger partial charge on any atom is -0.383 e. The molecule has 0 aliphatic carbocycles. The first-order chi connectivity index (χ1) is 8.76. The van der Waals surface area contributed by atoms with E-state index in [1.807, 2.05) is 6.07 Å². The van der Waals surface area contributed by atoms with Gasteiger partial charge in [0.25, 0.3) is 0 Å². The summed E-state index contributed by atoms with van der Waals surface area (Å²) in [5, 5.41) is 5.69. The van der Waals surface area contributed by atoms with E-state index >= 15 is 0 Å². The molecule has 0 aromatic carbocycles. The monoisotopic (exact) mass is 252 g/mol. The molecule has 0 radical (unpaired) electrons. The van der Waals surface area contributed by atoms with Gasteiger partial charge in [-0.1, -0.05) is 13.3 Å². The van der Waals surface area contributed by atoms with Crippen molar-refractivity contribution in [3.05, 3.63) is 18.1 Å². The summed E-state index contributed by atoms with van der Waals surface area (Å²) in [4.78, 5) is 19.6. The van der Waals surface area contributed by atoms with E-state index in [1.54, 1.807) is 7.11 Å². The number of hydrogen-bond acceptors (Lipinski definition) is 5. The molecule has 0 bridgehead atoms. The quantitative estimate of drug-likeness (QED) is 0.663. The van der Waals surface area contributed by atoms with Crippen LogP contribution >= 0.6 is 0 Å². The number of aromatic nitrogens is 2. The van der Waals surface area contributed by atoms with Gasteiger partial charge in [0.2, 0.25) is 5.91 Å². The largest absolute Gasteiger partial charge is 0.383 e. The molecule has 0 fully saturated rings. The first-order valence-corrected chi connectivity index (χ1v) is 6.06. The Morgan fingerprint density at radius 3 is 3.00 bits per heavy atom. The van der Waals surface area contributed by atoms with Gasteiger partial charge in [-0.15, -0.1) is 0 Å². The second kappa shape index (κ2) is 8.41. The molecule has 18 heavy (non-hydrogen) atoms. The van der Waals surface area contributed by atoms with Gasteiger partial charge in [0.15, 0.2) is 0 Å². The average Bonchev–Trinajstić information content (AvgIpc) is 2.38. The lowest BCUT2D eigenvalue weighted by Crippen LogP contribution is -2.32. The van der Waals surface area contributed by atoms with E-state index in [1.165, 1.54) is 6.33 Å². The van der Waals surface area contributed by atoms with Crippen LogP contribution in [0, 0.1) is 0 Å². The maximum absolute atomic E-state index is 11.4. The normalized spacial score (nSPS) is 10.1. The number of carbonyl (C=O) groups excluding carboxylic acids is 1. The van der Waals surface area contributed by atoms with E-state index in [0.717, 1.165) is 18.5 Å². The van der Waals surface area contributed by atoms with Crippen LogP contribution in [0.5, 0.6) is 0 Å². The molecular formula is C12H20N4O2. The standard InChI is InChI=1S/C12H20N4O2/c1-3-4-10-7-11(16-9-15-10)14-8-12(17)13-5-6-18-2/h7,9H,3-6,8H2,1-2H3,(H,13,17)(H,14,15,16). The molecule has 6 nitrogen and oxygen atoms in total. The summed E-state index contributed by atoms with van der Waals surface area (Å²) in [5.41, 5.74) is 0.981. The molecule has 0 spiro atoms. The molecule has 0 saturated carbocycles. The first kappa shape index (κ1) is 14.4. The summed E-state index contributed by atoms with van der Waals surface area (Å²) < 4.78 is 4.84. The Hall–Kier alpha value is -1.69. The Morgan fingerprint density at radius 2 is 2.28 bits per heavy atom. The predicted octanol–water partition coefficient (Wildman–Crippen LogP) is 0.604. The number of nitrogens with zero attached hydrogens (tertiary/aromatic N) is 2. The van der Waals surface area contributed by atoms with Crippen LogP contribution in [0.4, 0.5) is 5.82 Å². The fourth-order valence-corrected chi connectivity index (χ4v) is 1.41. The summed E-state index contributed by atoms with van der Waals surface area (Å²) in [6.07, 6.45) is 3.46. The molecule has 0 aliphatic heterocycles. The van der Waals surface area contributed by atoms with E-state index in [2.05, 4.69) is 27.5 Å². The van der Waals surface area contributed by atoms with Crippen LogP contribution in [0.15, 0.2) is 12.4 Å². The van der Waals surface area contributed by atoms with Crippen molar-refractivity contribution >= 4 is 11.7 Å². The van der Waals surface area contributed by atoms with E-state index in [4.69, 9.17) is 4.74 Å². The summed E-state index contributed by atoms with van der Waals surface area (Å²) in [7, 11) is 1.60. The van der Waals surface area contributed by atoms with E-state index in [-0.39, 0.29) is 12.5 Å². The van der Waals surface area contributed by atoms with Crippen molar-refractivity contribution in [1.29, 1.82) is 0 Å². The SMILES string of the molecule is CCCc1cc(NCC(=O)NCCOC)ncn1. The van der Waals surface area contributed by atoms with Gasteiger partial charge < -0.3 is 15.4 Å². The van der Waals surface area contributed by atoms with Crippen molar-refractivity contribution < 1.29 is 9.53 Å². The van der Waals surface area contributed by atoms with Gasteiger partial charge in [0, 0.05) is 25.4 Å². The number of nitrogens with one attached hydrogen (secondary N) is 2. The number of rotatable bonds is 8. The summed E-state index contributed by atoms with van der Waals surface area (Å²) in [5.74, 6) is 0.595. The third-order valence-corrected chi connectivity index (χ3v) is 2.29. The molecule has 1 aromatic rings. The number of aryl methyl sites for hydroxylation is 1. The molecule has 0 atom stereocenters. The van der Waals surface area contributed by atoms with Crippen LogP contribution in [0.3, 0.4) is 0 Å². The zero-order chi connectivity index (χ0) is 13.2. The van der Waals surface area contributed by atoms with Crippen LogP contribution < -0.4 is 10.6 Å². The molecule has 0 aliphatic rings. The zero-order valence-electron chi connectivity index (χ0n) is 10.9. The number of methoxy groups -OCH3 is 1. The molecule has 0 saturated heterocycles. The van der Waals surface area contributed by atoms with Gasteiger partial charge in [-0.25, -0.2) is 9.97 Å². The molecule has 1 heterocycles. The summed E-state index contributed by atoms with van der Waals surface area (Å²) >= 11 is 0. The molecule has 0 unspecified atom stereocenters. The lowest BCUT2D eigenvalue weighted by atomic mass is 10.2. The van der Waals surface area contributed by atoms with Crippen LogP contribution in [0.1, 0.15) is 19.0 Å². The molecular weight excluding hydrogens is 232 g/mol. The van der Waals surface area contributed by atoms with Gasteiger partial charge in [-0.3, -0.25) is 4.79 Å². The van der Waals surface area contributed by atoms with Crippen LogP contribution in [-0.2, 0) is 16.0 Å². The highest BCUT2D eigenvalue weighted by atomic mass is 16.5. The Labute approximate surface area is 107 Å². The van der Waals surface area contributed by atoms with Gasteiger partial charge >= 0.3 is 0 Å². The maximum atomic E-state index is 11.4. The lowest BCUT2D eigenvalue weighted by Gasteiger charge is -2.07.